The standard InChI is InChI=1S/C13H18F3N/c1-8(2)11(7-17)13(16)6-9-5-10(14)3-4-12(9)15/h3-5,8,11,13H,6-7,17H2,1-2H3. The molecule has 4 heteroatoms. The van der Waals surface area contributed by atoms with Gasteiger partial charge in [0.1, 0.15) is 17.8 Å². The molecule has 1 aromatic rings. The smallest absolute Gasteiger partial charge is 0.126 e. The van der Waals surface area contributed by atoms with Gasteiger partial charge in [-0.15, -0.1) is 0 Å². The fourth-order valence-electron chi connectivity index (χ4n) is 1.90. The van der Waals surface area contributed by atoms with Crippen molar-refractivity contribution in [3.8, 4) is 0 Å². The van der Waals surface area contributed by atoms with E-state index < -0.39 is 17.8 Å². The van der Waals surface area contributed by atoms with E-state index in [0.717, 1.165) is 18.2 Å². The highest BCUT2D eigenvalue weighted by atomic mass is 19.1. The first-order chi connectivity index (χ1) is 7.95. The van der Waals surface area contributed by atoms with Crippen LogP contribution in [0, 0.1) is 23.5 Å². The summed E-state index contributed by atoms with van der Waals surface area (Å²) >= 11 is 0. The maximum Gasteiger partial charge on any atom is 0.126 e. The molecule has 0 radical (unpaired) electrons. The average molecular weight is 245 g/mol. The van der Waals surface area contributed by atoms with Gasteiger partial charge in [-0.25, -0.2) is 13.2 Å². The second-order valence-electron chi connectivity index (χ2n) is 4.60. The Bertz CT molecular complexity index is 366. The molecule has 0 heterocycles. The third kappa shape index (κ3) is 3.73. The first-order valence-corrected chi connectivity index (χ1v) is 5.73. The van der Waals surface area contributed by atoms with E-state index >= 15 is 0 Å². The average Bonchev–Trinajstić information content (AvgIpc) is 2.24. The number of nitrogens with two attached hydrogens (primary N) is 1. The molecule has 0 aliphatic rings. The van der Waals surface area contributed by atoms with Gasteiger partial charge in [0.2, 0.25) is 0 Å². The Kier molecular flexibility index (Phi) is 5.00. The van der Waals surface area contributed by atoms with Crippen LogP contribution in [0.25, 0.3) is 0 Å². The molecule has 0 aliphatic heterocycles. The Balaban J connectivity index is 2.79. The topological polar surface area (TPSA) is 26.0 Å². The van der Waals surface area contributed by atoms with Gasteiger partial charge < -0.3 is 5.73 Å². The highest BCUT2D eigenvalue weighted by molar-refractivity contribution is 5.19. The summed E-state index contributed by atoms with van der Waals surface area (Å²) < 4.78 is 40.2. The second-order valence-corrected chi connectivity index (χ2v) is 4.60. The number of hydrogen-bond donors (Lipinski definition) is 1. The molecule has 0 fully saturated rings. The summed E-state index contributed by atoms with van der Waals surface area (Å²) in [6, 6.07) is 3.08. The molecular weight excluding hydrogens is 227 g/mol. The first kappa shape index (κ1) is 14.0. The normalized spacial score (nSPS) is 15.0. The molecule has 0 saturated heterocycles. The molecule has 0 aliphatic carbocycles. The minimum Gasteiger partial charge on any atom is -0.330 e. The van der Waals surface area contributed by atoms with Crippen LogP contribution in [-0.4, -0.2) is 12.7 Å². The summed E-state index contributed by atoms with van der Waals surface area (Å²) in [7, 11) is 0. The number of rotatable bonds is 5. The van der Waals surface area contributed by atoms with E-state index in [1.807, 2.05) is 13.8 Å². The summed E-state index contributed by atoms with van der Waals surface area (Å²) in [6.07, 6.45) is -1.39. The van der Waals surface area contributed by atoms with Gasteiger partial charge in [0.25, 0.3) is 0 Å². The van der Waals surface area contributed by atoms with Crippen LogP contribution in [-0.2, 0) is 6.42 Å². The van der Waals surface area contributed by atoms with Crippen molar-refractivity contribution < 1.29 is 13.2 Å². The Labute approximate surface area is 99.8 Å². The van der Waals surface area contributed by atoms with Gasteiger partial charge in [0, 0.05) is 12.3 Å². The van der Waals surface area contributed by atoms with Crippen LogP contribution in [0.1, 0.15) is 19.4 Å². The fourth-order valence-corrected chi connectivity index (χ4v) is 1.90. The summed E-state index contributed by atoms with van der Waals surface area (Å²) in [4.78, 5) is 0. The molecule has 1 aromatic carbocycles. The summed E-state index contributed by atoms with van der Waals surface area (Å²) in [5, 5.41) is 0. The Hall–Kier alpha value is -1.03. The SMILES string of the molecule is CC(C)C(CN)C(F)Cc1cc(F)ccc1F. The van der Waals surface area contributed by atoms with Crippen LogP contribution in [0.5, 0.6) is 0 Å². The van der Waals surface area contributed by atoms with Crippen LogP contribution < -0.4 is 5.73 Å². The van der Waals surface area contributed by atoms with E-state index in [1.165, 1.54) is 0 Å². The van der Waals surface area contributed by atoms with Crippen LogP contribution in [0.15, 0.2) is 18.2 Å². The molecule has 0 spiro atoms. The Morgan fingerprint density at radius 3 is 2.41 bits per heavy atom. The molecule has 17 heavy (non-hydrogen) atoms. The van der Waals surface area contributed by atoms with Crippen molar-refractivity contribution in [1.29, 1.82) is 0 Å². The monoisotopic (exact) mass is 245 g/mol. The van der Waals surface area contributed by atoms with Gasteiger partial charge in [0.05, 0.1) is 0 Å². The molecule has 2 unspecified atom stereocenters. The molecular formula is C13H18F3N. The van der Waals surface area contributed by atoms with Crippen LogP contribution in [0.4, 0.5) is 13.2 Å². The van der Waals surface area contributed by atoms with Crippen LogP contribution in [0.2, 0.25) is 0 Å². The van der Waals surface area contributed by atoms with E-state index in [4.69, 9.17) is 5.73 Å². The van der Waals surface area contributed by atoms with Crippen molar-refractivity contribution in [1.82, 2.24) is 0 Å². The predicted octanol–water partition coefficient (Wildman–Crippen LogP) is 3.08. The van der Waals surface area contributed by atoms with Crippen molar-refractivity contribution in [2.75, 3.05) is 6.54 Å². The maximum atomic E-state index is 13.9. The van der Waals surface area contributed by atoms with Gasteiger partial charge in [-0.05, 0) is 36.2 Å². The zero-order valence-corrected chi connectivity index (χ0v) is 10.1. The molecule has 0 saturated carbocycles. The zero-order valence-electron chi connectivity index (χ0n) is 10.1. The molecule has 0 aromatic heterocycles. The van der Waals surface area contributed by atoms with Gasteiger partial charge in [-0.2, -0.15) is 0 Å². The van der Waals surface area contributed by atoms with Crippen molar-refractivity contribution in [3.63, 3.8) is 0 Å². The molecule has 1 rings (SSSR count). The molecule has 0 amide bonds. The maximum absolute atomic E-state index is 13.9. The summed E-state index contributed by atoms with van der Waals surface area (Å²) in [6.45, 7) is 3.94. The lowest BCUT2D eigenvalue weighted by Gasteiger charge is -2.23. The highest BCUT2D eigenvalue weighted by Gasteiger charge is 2.24. The fraction of sp³-hybridized carbons (Fsp3) is 0.538. The van der Waals surface area contributed by atoms with Gasteiger partial charge in [-0.3, -0.25) is 0 Å². The minimum absolute atomic E-state index is 0.0663. The van der Waals surface area contributed by atoms with E-state index in [-0.39, 0.29) is 30.4 Å². The van der Waals surface area contributed by atoms with E-state index in [0.29, 0.717) is 0 Å². The number of alkyl halides is 1. The molecule has 1 nitrogen and oxygen atoms in total. The van der Waals surface area contributed by atoms with Crippen LogP contribution >= 0.6 is 0 Å². The summed E-state index contributed by atoms with van der Waals surface area (Å²) in [5.74, 6) is -1.39. The predicted molar refractivity (Wildman–Crippen MR) is 62.3 cm³/mol. The third-order valence-electron chi connectivity index (χ3n) is 3.02. The van der Waals surface area contributed by atoms with Crippen molar-refractivity contribution in [2.24, 2.45) is 17.6 Å². The van der Waals surface area contributed by atoms with Gasteiger partial charge in [-0.1, -0.05) is 13.8 Å². The van der Waals surface area contributed by atoms with E-state index in [2.05, 4.69) is 0 Å². The van der Waals surface area contributed by atoms with Crippen molar-refractivity contribution in [2.45, 2.75) is 26.4 Å². The van der Waals surface area contributed by atoms with E-state index in [9.17, 15) is 13.2 Å². The van der Waals surface area contributed by atoms with Crippen LogP contribution in [0.3, 0.4) is 0 Å². The molecule has 2 atom stereocenters. The Morgan fingerprint density at radius 1 is 1.24 bits per heavy atom. The molecule has 2 N–H and O–H groups in total. The molecule has 96 valence electrons. The van der Waals surface area contributed by atoms with Gasteiger partial charge >= 0.3 is 0 Å². The largest absolute Gasteiger partial charge is 0.330 e. The van der Waals surface area contributed by atoms with Gasteiger partial charge in [0.15, 0.2) is 0 Å². The number of benzene rings is 1. The quantitative estimate of drug-likeness (QED) is 0.847. The molecule has 0 bridgehead atoms. The second kappa shape index (κ2) is 6.05. The van der Waals surface area contributed by atoms with E-state index in [1.54, 1.807) is 0 Å². The lowest BCUT2D eigenvalue weighted by atomic mass is 9.88. The minimum atomic E-state index is -1.25. The highest BCUT2D eigenvalue weighted by Crippen LogP contribution is 2.22. The Morgan fingerprint density at radius 2 is 1.88 bits per heavy atom. The third-order valence-corrected chi connectivity index (χ3v) is 3.02. The number of halogens is 3. The lowest BCUT2D eigenvalue weighted by Crippen LogP contribution is -2.31. The zero-order chi connectivity index (χ0) is 13.0. The lowest BCUT2D eigenvalue weighted by molar-refractivity contribution is 0.184. The van der Waals surface area contributed by atoms with Crippen molar-refractivity contribution >= 4 is 0 Å². The number of hydrogen-bond acceptors (Lipinski definition) is 1. The van der Waals surface area contributed by atoms with Crippen molar-refractivity contribution in [3.05, 3.63) is 35.4 Å². The first-order valence-electron chi connectivity index (χ1n) is 5.73. The summed E-state index contributed by atoms with van der Waals surface area (Å²) in [5.41, 5.74) is 5.55.